The zero-order valence-electron chi connectivity index (χ0n) is 16.0. The molecule has 4 rings (SSSR count). The fourth-order valence-corrected chi connectivity index (χ4v) is 5.80. The SMILES string of the molecule is O=C(N[C@@H]1CCSc2ccccc21)c1ccc(S(=O)(=O)NC[C@@H]2CCCO2)cc1. The summed E-state index contributed by atoms with van der Waals surface area (Å²) in [7, 11) is -3.62. The van der Waals surface area contributed by atoms with E-state index in [9.17, 15) is 13.2 Å². The summed E-state index contributed by atoms with van der Waals surface area (Å²) < 4.78 is 32.9. The maximum atomic E-state index is 12.7. The van der Waals surface area contributed by atoms with Gasteiger partial charge in [0.25, 0.3) is 5.91 Å². The molecule has 0 aromatic heterocycles. The van der Waals surface area contributed by atoms with Crippen LogP contribution < -0.4 is 10.0 Å². The molecule has 2 heterocycles. The van der Waals surface area contributed by atoms with Crippen LogP contribution in [0.1, 0.15) is 41.2 Å². The fourth-order valence-electron chi connectivity index (χ4n) is 3.61. The number of fused-ring (bicyclic) bond motifs is 1. The molecule has 2 N–H and O–H groups in total. The minimum absolute atomic E-state index is 0.0311. The third-order valence-electron chi connectivity index (χ3n) is 5.22. The molecule has 1 fully saturated rings. The molecule has 0 aliphatic carbocycles. The van der Waals surface area contributed by atoms with E-state index in [-0.39, 0.29) is 29.5 Å². The van der Waals surface area contributed by atoms with Crippen molar-refractivity contribution < 1.29 is 17.9 Å². The Labute approximate surface area is 175 Å². The Balaban J connectivity index is 1.40. The lowest BCUT2D eigenvalue weighted by Crippen LogP contribution is -2.32. The summed E-state index contributed by atoms with van der Waals surface area (Å²) in [5.74, 6) is 0.753. The molecule has 0 spiro atoms. The molecule has 8 heteroatoms. The van der Waals surface area contributed by atoms with Crippen molar-refractivity contribution in [3.8, 4) is 0 Å². The van der Waals surface area contributed by atoms with Crippen LogP contribution in [0, 0.1) is 0 Å². The van der Waals surface area contributed by atoms with Gasteiger partial charge in [0.1, 0.15) is 0 Å². The van der Waals surface area contributed by atoms with Crippen LogP contribution in [-0.4, -0.2) is 39.3 Å². The van der Waals surface area contributed by atoms with E-state index in [1.54, 1.807) is 23.9 Å². The number of sulfonamides is 1. The number of hydrogen-bond acceptors (Lipinski definition) is 5. The third-order valence-corrected chi connectivity index (χ3v) is 7.78. The number of nitrogens with one attached hydrogen (secondary N) is 2. The van der Waals surface area contributed by atoms with Crippen molar-refractivity contribution in [2.24, 2.45) is 0 Å². The molecule has 29 heavy (non-hydrogen) atoms. The highest BCUT2D eigenvalue weighted by atomic mass is 32.2. The predicted octanol–water partition coefficient (Wildman–Crippen LogP) is 3.11. The van der Waals surface area contributed by atoms with E-state index in [4.69, 9.17) is 4.74 Å². The molecule has 0 saturated carbocycles. The molecule has 2 aliphatic rings. The van der Waals surface area contributed by atoms with E-state index < -0.39 is 10.0 Å². The highest BCUT2D eigenvalue weighted by molar-refractivity contribution is 7.99. The largest absolute Gasteiger partial charge is 0.377 e. The summed E-state index contributed by atoms with van der Waals surface area (Å²) in [4.78, 5) is 14.0. The Morgan fingerprint density at radius 1 is 1.10 bits per heavy atom. The number of ether oxygens (including phenoxy) is 1. The number of carbonyl (C=O) groups excluding carboxylic acids is 1. The first-order valence-electron chi connectivity index (χ1n) is 9.77. The molecule has 6 nitrogen and oxygen atoms in total. The molecule has 2 aromatic carbocycles. The Hall–Kier alpha value is -1.87. The van der Waals surface area contributed by atoms with E-state index in [1.165, 1.54) is 17.0 Å². The Morgan fingerprint density at radius 2 is 1.90 bits per heavy atom. The summed E-state index contributed by atoms with van der Waals surface area (Å²) in [5.41, 5.74) is 1.58. The molecule has 2 atom stereocenters. The molecule has 0 bridgehead atoms. The van der Waals surface area contributed by atoms with Crippen LogP contribution in [0.2, 0.25) is 0 Å². The predicted molar refractivity (Wildman–Crippen MR) is 113 cm³/mol. The van der Waals surface area contributed by atoms with Crippen LogP contribution >= 0.6 is 11.8 Å². The molecule has 154 valence electrons. The molecule has 0 unspecified atom stereocenters. The second kappa shape index (κ2) is 8.87. The van der Waals surface area contributed by atoms with Crippen LogP contribution in [0.25, 0.3) is 0 Å². The number of carbonyl (C=O) groups is 1. The van der Waals surface area contributed by atoms with Crippen molar-refractivity contribution in [2.45, 2.75) is 41.2 Å². The van der Waals surface area contributed by atoms with Gasteiger partial charge in [-0.05, 0) is 55.2 Å². The summed E-state index contributed by atoms with van der Waals surface area (Å²) in [5, 5.41) is 3.08. The van der Waals surface area contributed by atoms with E-state index in [0.29, 0.717) is 12.2 Å². The number of hydrogen-bond donors (Lipinski definition) is 2. The van der Waals surface area contributed by atoms with Crippen LogP contribution in [-0.2, 0) is 14.8 Å². The molecule has 0 radical (unpaired) electrons. The zero-order chi connectivity index (χ0) is 20.3. The molecule has 2 aliphatic heterocycles. The first-order chi connectivity index (χ1) is 14.0. The molecular formula is C21H24N2O4S2. The average Bonchev–Trinajstić information content (AvgIpc) is 3.26. The smallest absolute Gasteiger partial charge is 0.251 e. The van der Waals surface area contributed by atoms with Gasteiger partial charge in [-0.25, -0.2) is 13.1 Å². The second-order valence-corrected chi connectivity index (χ2v) is 10.1. The van der Waals surface area contributed by atoms with Gasteiger partial charge in [0.15, 0.2) is 0 Å². The van der Waals surface area contributed by atoms with Gasteiger partial charge < -0.3 is 10.1 Å². The minimum Gasteiger partial charge on any atom is -0.377 e. The van der Waals surface area contributed by atoms with E-state index >= 15 is 0 Å². The second-order valence-electron chi connectivity index (χ2n) is 7.21. The minimum atomic E-state index is -3.62. The van der Waals surface area contributed by atoms with Crippen molar-refractivity contribution in [3.63, 3.8) is 0 Å². The van der Waals surface area contributed by atoms with Crippen LogP contribution in [0.15, 0.2) is 58.3 Å². The van der Waals surface area contributed by atoms with Crippen molar-refractivity contribution in [2.75, 3.05) is 18.9 Å². The maximum Gasteiger partial charge on any atom is 0.251 e. The van der Waals surface area contributed by atoms with Crippen LogP contribution in [0.4, 0.5) is 0 Å². The highest BCUT2D eigenvalue weighted by Gasteiger charge is 2.23. The standard InChI is InChI=1S/C21H24N2O4S2/c24-21(23-19-11-13-28-20-6-2-1-5-18(19)20)15-7-9-17(10-8-15)29(25,26)22-14-16-4-3-12-27-16/h1-2,5-10,16,19,22H,3-4,11-14H2,(H,23,24)/t16-,19+/m0/s1. The first kappa shape index (κ1) is 20.4. The van der Waals surface area contributed by atoms with Crippen LogP contribution in [0.5, 0.6) is 0 Å². The van der Waals surface area contributed by atoms with Crippen molar-refractivity contribution in [3.05, 3.63) is 59.7 Å². The topological polar surface area (TPSA) is 84.5 Å². The third kappa shape index (κ3) is 4.83. The number of rotatable bonds is 6. The first-order valence-corrected chi connectivity index (χ1v) is 12.2. The van der Waals surface area contributed by atoms with Crippen LogP contribution in [0.3, 0.4) is 0 Å². The van der Waals surface area contributed by atoms with Gasteiger partial charge in [-0.1, -0.05) is 18.2 Å². The van der Waals surface area contributed by atoms with Gasteiger partial charge in [0.05, 0.1) is 17.0 Å². The van der Waals surface area contributed by atoms with E-state index in [2.05, 4.69) is 16.1 Å². The lowest BCUT2D eigenvalue weighted by atomic mass is 10.0. The number of benzene rings is 2. The van der Waals surface area contributed by atoms with Gasteiger partial charge in [-0.15, -0.1) is 11.8 Å². The molecule has 1 amide bonds. The summed E-state index contributed by atoms with van der Waals surface area (Å²) in [6, 6.07) is 14.1. The van der Waals surface area contributed by atoms with E-state index in [0.717, 1.165) is 30.6 Å². The monoisotopic (exact) mass is 432 g/mol. The normalized spacial score (nSPS) is 21.5. The number of amides is 1. The average molecular weight is 433 g/mol. The van der Waals surface area contributed by atoms with Gasteiger partial charge in [0, 0.05) is 29.4 Å². The molecule has 1 saturated heterocycles. The number of thioether (sulfide) groups is 1. The van der Waals surface area contributed by atoms with Gasteiger partial charge in [-0.2, -0.15) is 0 Å². The van der Waals surface area contributed by atoms with Crippen molar-refractivity contribution >= 4 is 27.7 Å². The maximum absolute atomic E-state index is 12.7. The molecular weight excluding hydrogens is 408 g/mol. The Morgan fingerprint density at radius 3 is 2.66 bits per heavy atom. The van der Waals surface area contributed by atoms with E-state index in [1.807, 2.05) is 18.2 Å². The zero-order valence-corrected chi connectivity index (χ0v) is 17.6. The molecule has 2 aromatic rings. The van der Waals surface area contributed by atoms with Gasteiger partial charge in [-0.3, -0.25) is 4.79 Å². The van der Waals surface area contributed by atoms with Gasteiger partial charge >= 0.3 is 0 Å². The lowest BCUT2D eigenvalue weighted by Gasteiger charge is -2.25. The summed E-state index contributed by atoms with van der Waals surface area (Å²) in [6.07, 6.45) is 2.63. The van der Waals surface area contributed by atoms with Crippen molar-refractivity contribution in [1.82, 2.24) is 10.0 Å². The Kier molecular flexibility index (Phi) is 6.24. The quantitative estimate of drug-likeness (QED) is 0.733. The lowest BCUT2D eigenvalue weighted by molar-refractivity contribution is 0.0935. The summed E-state index contributed by atoms with van der Waals surface area (Å²) in [6.45, 7) is 0.948. The van der Waals surface area contributed by atoms with Crippen molar-refractivity contribution in [1.29, 1.82) is 0 Å². The highest BCUT2D eigenvalue weighted by Crippen LogP contribution is 2.35. The van der Waals surface area contributed by atoms with Gasteiger partial charge in [0.2, 0.25) is 10.0 Å². The fraction of sp³-hybridized carbons (Fsp3) is 0.381. The Bertz CT molecular complexity index is 970. The summed E-state index contributed by atoms with van der Waals surface area (Å²) >= 11 is 1.80.